The normalized spacial score (nSPS) is 15.3. The molecular weight excluding hydrogens is 398 g/mol. The number of aromatic amines is 1. The van der Waals surface area contributed by atoms with Crippen LogP contribution in [0.5, 0.6) is 0 Å². The van der Waals surface area contributed by atoms with Crippen LogP contribution in [0.1, 0.15) is 25.5 Å². The van der Waals surface area contributed by atoms with Crippen LogP contribution >= 0.6 is 0 Å². The zero-order chi connectivity index (χ0) is 22.1. The number of rotatable bonds is 5. The molecule has 7 heteroatoms. The molecule has 0 radical (unpaired) electrons. The summed E-state index contributed by atoms with van der Waals surface area (Å²) >= 11 is 0. The van der Waals surface area contributed by atoms with E-state index in [0.717, 1.165) is 64.7 Å². The summed E-state index contributed by atoms with van der Waals surface area (Å²) in [6, 6.07) is 12.7. The Balaban J connectivity index is 1.46. The van der Waals surface area contributed by atoms with E-state index < -0.39 is 0 Å². The number of nitrogens with one attached hydrogen (secondary N) is 1. The Morgan fingerprint density at radius 1 is 1.03 bits per heavy atom. The van der Waals surface area contributed by atoms with Crippen LogP contribution in [-0.2, 0) is 0 Å². The van der Waals surface area contributed by atoms with E-state index in [9.17, 15) is 0 Å². The first-order chi connectivity index (χ1) is 15.6. The lowest BCUT2D eigenvalue weighted by atomic mass is 10.0. The van der Waals surface area contributed by atoms with Crippen LogP contribution in [0.2, 0.25) is 0 Å². The van der Waals surface area contributed by atoms with E-state index in [1.54, 1.807) is 0 Å². The van der Waals surface area contributed by atoms with Gasteiger partial charge in [0.1, 0.15) is 0 Å². The predicted molar refractivity (Wildman–Crippen MR) is 129 cm³/mol. The topological polar surface area (TPSA) is 73.8 Å². The molecule has 0 unspecified atom stereocenters. The standard InChI is InChI=1S/C25H29N7/c1-4-32-12-10-18(11-13-32)31(3)19-14-24-22(26-15-19)9-8-21(29-24)20-16-27-30-25(20)23-7-5-6-17(2)28-23/h5-9,14-16,18H,4,10-13H2,1-3H3,(H,27,30). The van der Waals surface area contributed by atoms with Crippen molar-refractivity contribution in [3.63, 3.8) is 0 Å². The van der Waals surface area contributed by atoms with Gasteiger partial charge >= 0.3 is 0 Å². The molecule has 7 nitrogen and oxygen atoms in total. The molecule has 0 spiro atoms. The van der Waals surface area contributed by atoms with Crippen LogP contribution in [0.15, 0.2) is 48.8 Å². The number of piperidine rings is 1. The minimum Gasteiger partial charge on any atom is -0.370 e. The Labute approximate surface area is 188 Å². The second kappa shape index (κ2) is 8.67. The number of H-pyrrole nitrogens is 1. The largest absolute Gasteiger partial charge is 0.370 e. The molecule has 0 atom stereocenters. The fourth-order valence-corrected chi connectivity index (χ4v) is 4.53. The number of aryl methyl sites for hydroxylation is 1. The van der Waals surface area contributed by atoms with Crippen LogP contribution in [-0.4, -0.2) is 62.8 Å². The molecule has 1 fully saturated rings. The zero-order valence-electron chi connectivity index (χ0n) is 18.9. The van der Waals surface area contributed by atoms with Gasteiger partial charge in [-0.05, 0) is 56.6 Å². The number of likely N-dealkylation sites (tertiary alicyclic amines) is 1. The van der Waals surface area contributed by atoms with E-state index in [-0.39, 0.29) is 0 Å². The highest BCUT2D eigenvalue weighted by Crippen LogP contribution is 2.30. The van der Waals surface area contributed by atoms with E-state index in [2.05, 4.69) is 45.0 Å². The van der Waals surface area contributed by atoms with E-state index in [1.807, 2.05) is 49.6 Å². The van der Waals surface area contributed by atoms with E-state index >= 15 is 0 Å². The molecule has 0 bridgehead atoms. The van der Waals surface area contributed by atoms with Gasteiger partial charge in [-0.2, -0.15) is 5.10 Å². The van der Waals surface area contributed by atoms with Crippen LogP contribution in [0.4, 0.5) is 5.69 Å². The molecule has 0 amide bonds. The molecule has 1 N–H and O–H groups in total. The summed E-state index contributed by atoms with van der Waals surface area (Å²) in [5, 5.41) is 7.37. The predicted octanol–water partition coefficient (Wildman–Crippen LogP) is 4.31. The van der Waals surface area contributed by atoms with Crippen LogP contribution in [0.3, 0.4) is 0 Å². The van der Waals surface area contributed by atoms with Crippen molar-refractivity contribution >= 4 is 16.7 Å². The average Bonchev–Trinajstić information content (AvgIpc) is 3.33. The Morgan fingerprint density at radius 2 is 1.88 bits per heavy atom. The van der Waals surface area contributed by atoms with Gasteiger partial charge in [0.2, 0.25) is 0 Å². The highest BCUT2D eigenvalue weighted by Gasteiger charge is 2.22. The summed E-state index contributed by atoms with van der Waals surface area (Å²) in [6.07, 6.45) is 6.14. The summed E-state index contributed by atoms with van der Waals surface area (Å²) in [5.74, 6) is 0. The number of fused-ring (bicyclic) bond motifs is 1. The van der Waals surface area contributed by atoms with Gasteiger partial charge < -0.3 is 9.80 Å². The summed E-state index contributed by atoms with van der Waals surface area (Å²) in [6.45, 7) is 7.68. The van der Waals surface area contributed by atoms with Gasteiger partial charge in [-0.1, -0.05) is 13.0 Å². The monoisotopic (exact) mass is 427 g/mol. The molecule has 5 rings (SSSR count). The third-order valence-electron chi connectivity index (χ3n) is 6.54. The second-order valence-electron chi connectivity index (χ2n) is 8.53. The van der Waals surface area contributed by atoms with Crippen LogP contribution in [0.25, 0.3) is 33.7 Å². The van der Waals surface area contributed by atoms with Gasteiger partial charge in [0.25, 0.3) is 0 Å². The third kappa shape index (κ3) is 3.96. The molecule has 32 heavy (non-hydrogen) atoms. The van der Waals surface area contributed by atoms with Crippen LogP contribution < -0.4 is 4.90 Å². The van der Waals surface area contributed by atoms with E-state index in [0.29, 0.717) is 6.04 Å². The van der Waals surface area contributed by atoms with Gasteiger partial charge in [0, 0.05) is 37.4 Å². The lowest BCUT2D eigenvalue weighted by molar-refractivity contribution is 0.221. The van der Waals surface area contributed by atoms with Crippen molar-refractivity contribution in [3.8, 4) is 22.6 Å². The quantitative estimate of drug-likeness (QED) is 0.512. The van der Waals surface area contributed by atoms with Crippen molar-refractivity contribution in [1.82, 2.24) is 30.0 Å². The molecule has 1 aliphatic heterocycles. The number of nitrogens with zero attached hydrogens (tertiary/aromatic N) is 6. The third-order valence-corrected chi connectivity index (χ3v) is 6.54. The van der Waals surface area contributed by atoms with Gasteiger partial charge in [0.15, 0.2) is 0 Å². The first-order valence-corrected chi connectivity index (χ1v) is 11.3. The van der Waals surface area contributed by atoms with Gasteiger partial charge in [0.05, 0.1) is 46.2 Å². The Kier molecular flexibility index (Phi) is 5.57. The van der Waals surface area contributed by atoms with Gasteiger partial charge in [-0.15, -0.1) is 0 Å². The Bertz CT molecular complexity index is 1220. The van der Waals surface area contributed by atoms with Crippen molar-refractivity contribution in [2.75, 3.05) is 31.6 Å². The number of hydrogen-bond acceptors (Lipinski definition) is 6. The SMILES string of the molecule is CCN1CCC(N(C)c2cnc3ccc(-c4cn[nH]c4-c4cccc(C)n4)nc3c2)CC1. The summed E-state index contributed by atoms with van der Waals surface area (Å²) in [5.41, 5.74) is 7.42. The van der Waals surface area contributed by atoms with Crippen molar-refractivity contribution in [2.24, 2.45) is 0 Å². The second-order valence-corrected chi connectivity index (χ2v) is 8.53. The highest BCUT2D eigenvalue weighted by molar-refractivity contribution is 5.84. The molecule has 4 aromatic heterocycles. The number of aromatic nitrogens is 5. The summed E-state index contributed by atoms with van der Waals surface area (Å²) in [4.78, 5) is 19.2. The van der Waals surface area contributed by atoms with Crippen LogP contribution in [0, 0.1) is 6.92 Å². The van der Waals surface area contributed by atoms with E-state index in [1.165, 1.54) is 12.8 Å². The van der Waals surface area contributed by atoms with E-state index in [4.69, 9.17) is 9.97 Å². The summed E-state index contributed by atoms with van der Waals surface area (Å²) < 4.78 is 0. The first-order valence-electron chi connectivity index (χ1n) is 11.3. The van der Waals surface area contributed by atoms with Gasteiger partial charge in [-0.3, -0.25) is 15.1 Å². The molecule has 0 aliphatic carbocycles. The Hall–Kier alpha value is -3.32. The summed E-state index contributed by atoms with van der Waals surface area (Å²) in [7, 11) is 2.18. The molecule has 5 heterocycles. The minimum atomic E-state index is 0.535. The smallest absolute Gasteiger partial charge is 0.0928 e. The molecule has 1 saturated heterocycles. The number of pyridine rings is 3. The minimum absolute atomic E-state index is 0.535. The molecule has 0 saturated carbocycles. The maximum atomic E-state index is 4.95. The van der Waals surface area contributed by atoms with Gasteiger partial charge in [-0.25, -0.2) is 4.98 Å². The van der Waals surface area contributed by atoms with Crippen molar-refractivity contribution in [3.05, 3.63) is 54.5 Å². The molecular formula is C25H29N7. The molecule has 164 valence electrons. The average molecular weight is 428 g/mol. The first kappa shape index (κ1) is 20.6. The fourth-order valence-electron chi connectivity index (χ4n) is 4.53. The number of hydrogen-bond donors (Lipinski definition) is 1. The zero-order valence-corrected chi connectivity index (χ0v) is 18.9. The maximum absolute atomic E-state index is 4.95. The molecule has 4 aromatic rings. The number of anilines is 1. The lowest BCUT2D eigenvalue weighted by Crippen LogP contribution is -2.43. The van der Waals surface area contributed by atoms with Crippen molar-refractivity contribution in [1.29, 1.82) is 0 Å². The molecule has 0 aromatic carbocycles. The lowest BCUT2D eigenvalue weighted by Gasteiger charge is -2.37. The van der Waals surface area contributed by atoms with Crippen molar-refractivity contribution < 1.29 is 0 Å². The highest BCUT2D eigenvalue weighted by atomic mass is 15.2. The van der Waals surface area contributed by atoms with Crippen molar-refractivity contribution in [2.45, 2.75) is 32.7 Å². The maximum Gasteiger partial charge on any atom is 0.0928 e. The molecule has 1 aliphatic rings. The Morgan fingerprint density at radius 3 is 2.66 bits per heavy atom. The fraction of sp³-hybridized carbons (Fsp3) is 0.360.